The van der Waals surface area contributed by atoms with E-state index in [1.54, 1.807) is 11.3 Å². The molecule has 2 amide bonds. The maximum atomic E-state index is 12.0. The van der Waals surface area contributed by atoms with E-state index in [0.29, 0.717) is 13.0 Å². The molecule has 3 N–H and O–H groups in total. The molecule has 1 heterocycles. The Labute approximate surface area is 128 Å². The van der Waals surface area contributed by atoms with E-state index in [9.17, 15) is 14.7 Å². The lowest BCUT2D eigenvalue weighted by Crippen LogP contribution is -2.46. The maximum absolute atomic E-state index is 12.0. The molecule has 1 fully saturated rings. The summed E-state index contributed by atoms with van der Waals surface area (Å²) in [4.78, 5) is 25.6. The Bertz CT molecular complexity index is 501. The third-order valence-electron chi connectivity index (χ3n) is 3.87. The SMILES string of the molecule is Cc1ccc(CNC(=O)NC2CCCCCC2C(=O)O)s1. The fourth-order valence-electron chi connectivity index (χ4n) is 2.74. The quantitative estimate of drug-likeness (QED) is 0.748. The first-order valence-electron chi connectivity index (χ1n) is 7.39. The van der Waals surface area contributed by atoms with Gasteiger partial charge < -0.3 is 15.7 Å². The highest BCUT2D eigenvalue weighted by atomic mass is 32.1. The Balaban J connectivity index is 1.85. The Morgan fingerprint density at radius 1 is 1.29 bits per heavy atom. The van der Waals surface area contributed by atoms with Crippen molar-refractivity contribution in [2.24, 2.45) is 5.92 Å². The van der Waals surface area contributed by atoms with Gasteiger partial charge in [-0.05, 0) is 31.9 Å². The summed E-state index contributed by atoms with van der Waals surface area (Å²) in [6, 6.07) is 3.46. The van der Waals surface area contributed by atoms with Crippen LogP contribution in [0.2, 0.25) is 0 Å². The number of carboxylic acids is 1. The summed E-state index contributed by atoms with van der Waals surface area (Å²) in [5, 5.41) is 14.9. The molecule has 2 atom stereocenters. The van der Waals surface area contributed by atoms with Gasteiger partial charge in [0.15, 0.2) is 0 Å². The van der Waals surface area contributed by atoms with Crippen LogP contribution >= 0.6 is 11.3 Å². The van der Waals surface area contributed by atoms with Gasteiger partial charge in [-0.1, -0.05) is 19.3 Å². The van der Waals surface area contributed by atoms with Crippen molar-refractivity contribution in [3.63, 3.8) is 0 Å². The van der Waals surface area contributed by atoms with E-state index in [0.717, 1.165) is 30.6 Å². The zero-order valence-electron chi connectivity index (χ0n) is 12.2. The minimum absolute atomic E-state index is 0.268. The lowest BCUT2D eigenvalue weighted by Gasteiger charge is -2.22. The second-order valence-electron chi connectivity index (χ2n) is 5.53. The Kier molecular flexibility index (Phi) is 5.61. The van der Waals surface area contributed by atoms with Crippen molar-refractivity contribution in [1.82, 2.24) is 10.6 Å². The van der Waals surface area contributed by atoms with E-state index in [1.807, 2.05) is 19.1 Å². The Morgan fingerprint density at radius 3 is 2.71 bits per heavy atom. The molecule has 116 valence electrons. The number of carbonyl (C=O) groups is 2. The average molecular weight is 310 g/mol. The molecule has 0 radical (unpaired) electrons. The van der Waals surface area contributed by atoms with Crippen molar-refractivity contribution < 1.29 is 14.7 Å². The molecule has 1 aromatic heterocycles. The molecule has 1 aromatic rings. The minimum atomic E-state index is -0.809. The van der Waals surface area contributed by atoms with Crippen LogP contribution in [0.15, 0.2) is 12.1 Å². The fraction of sp³-hybridized carbons (Fsp3) is 0.600. The molecule has 1 aliphatic rings. The third kappa shape index (κ3) is 4.74. The molecular formula is C15H22N2O3S. The molecule has 0 aromatic carbocycles. The van der Waals surface area contributed by atoms with Gasteiger partial charge in [0.2, 0.25) is 0 Å². The predicted octanol–water partition coefficient (Wildman–Crippen LogP) is 2.89. The van der Waals surface area contributed by atoms with Gasteiger partial charge in [-0.25, -0.2) is 4.79 Å². The summed E-state index contributed by atoms with van der Waals surface area (Å²) < 4.78 is 0. The maximum Gasteiger partial charge on any atom is 0.315 e. The molecular weight excluding hydrogens is 288 g/mol. The number of urea groups is 1. The molecule has 1 saturated carbocycles. The summed E-state index contributed by atoms with van der Waals surface area (Å²) in [5.74, 6) is -1.28. The number of amides is 2. The normalized spacial score (nSPS) is 22.3. The molecule has 2 rings (SSSR count). The monoisotopic (exact) mass is 310 g/mol. The zero-order valence-corrected chi connectivity index (χ0v) is 13.0. The lowest BCUT2D eigenvalue weighted by atomic mass is 9.95. The first-order chi connectivity index (χ1) is 10.1. The molecule has 0 aliphatic heterocycles. The number of carboxylic acid groups (broad SMARTS) is 1. The first-order valence-corrected chi connectivity index (χ1v) is 8.20. The highest BCUT2D eigenvalue weighted by Gasteiger charge is 2.30. The van der Waals surface area contributed by atoms with Crippen LogP contribution in [0.25, 0.3) is 0 Å². The topological polar surface area (TPSA) is 78.4 Å². The zero-order chi connectivity index (χ0) is 15.2. The van der Waals surface area contributed by atoms with E-state index < -0.39 is 11.9 Å². The third-order valence-corrected chi connectivity index (χ3v) is 4.87. The number of aliphatic carboxylic acids is 1. The van der Waals surface area contributed by atoms with Crippen LogP contribution in [0.3, 0.4) is 0 Å². The number of aryl methyl sites for hydroxylation is 1. The van der Waals surface area contributed by atoms with E-state index >= 15 is 0 Å². The highest BCUT2D eigenvalue weighted by Crippen LogP contribution is 2.23. The van der Waals surface area contributed by atoms with Gasteiger partial charge in [0, 0.05) is 15.8 Å². The van der Waals surface area contributed by atoms with Gasteiger partial charge in [0.05, 0.1) is 12.5 Å². The van der Waals surface area contributed by atoms with Gasteiger partial charge in [0.1, 0.15) is 0 Å². The van der Waals surface area contributed by atoms with Crippen molar-refractivity contribution in [2.75, 3.05) is 0 Å². The molecule has 6 heteroatoms. The van der Waals surface area contributed by atoms with Crippen molar-refractivity contribution in [2.45, 2.75) is 51.6 Å². The molecule has 1 aliphatic carbocycles. The standard InChI is InChI=1S/C15H22N2O3S/c1-10-7-8-11(21-10)9-16-15(20)17-13-6-4-2-3-5-12(13)14(18)19/h7-8,12-13H,2-6,9H2,1H3,(H,18,19)(H2,16,17,20). The Hall–Kier alpha value is -1.56. The van der Waals surface area contributed by atoms with Crippen LogP contribution in [0.5, 0.6) is 0 Å². The predicted molar refractivity (Wildman–Crippen MR) is 82.4 cm³/mol. The van der Waals surface area contributed by atoms with Crippen molar-refractivity contribution in [3.8, 4) is 0 Å². The van der Waals surface area contributed by atoms with E-state index in [1.165, 1.54) is 4.88 Å². The van der Waals surface area contributed by atoms with Gasteiger partial charge in [-0.3, -0.25) is 4.79 Å². The fourth-order valence-corrected chi connectivity index (χ4v) is 3.57. The van der Waals surface area contributed by atoms with Gasteiger partial charge in [-0.15, -0.1) is 11.3 Å². The van der Waals surface area contributed by atoms with Crippen LogP contribution in [-0.4, -0.2) is 23.1 Å². The van der Waals surface area contributed by atoms with Gasteiger partial charge in [0.25, 0.3) is 0 Å². The molecule has 0 saturated heterocycles. The van der Waals surface area contributed by atoms with Crippen LogP contribution in [0.1, 0.15) is 41.9 Å². The summed E-state index contributed by atoms with van der Waals surface area (Å²) in [5.41, 5.74) is 0. The molecule has 0 bridgehead atoms. The second kappa shape index (κ2) is 7.45. The number of nitrogens with one attached hydrogen (secondary N) is 2. The minimum Gasteiger partial charge on any atom is -0.481 e. The van der Waals surface area contributed by atoms with E-state index in [-0.39, 0.29) is 12.1 Å². The van der Waals surface area contributed by atoms with Crippen LogP contribution in [0, 0.1) is 12.8 Å². The second-order valence-corrected chi connectivity index (χ2v) is 6.90. The number of thiophene rings is 1. The van der Waals surface area contributed by atoms with Gasteiger partial charge in [-0.2, -0.15) is 0 Å². The molecule has 5 nitrogen and oxygen atoms in total. The number of hydrogen-bond acceptors (Lipinski definition) is 3. The number of hydrogen-bond donors (Lipinski definition) is 3. The molecule has 21 heavy (non-hydrogen) atoms. The summed E-state index contributed by atoms with van der Waals surface area (Å²) in [6.45, 7) is 2.51. The lowest BCUT2D eigenvalue weighted by molar-refractivity contribution is -0.142. The molecule has 0 spiro atoms. The first kappa shape index (κ1) is 15.8. The smallest absolute Gasteiger partial charge is 0.315 e. The van der Waals surface area contributed by atoms with Crippen molar-refractivity contribution in [1.29, 1.82) is 0 Å². The van der Waals surface area contributed by atoms with Gasteiger partial charge >= 0.3 is 12.0 Å². The number of rotatable bonds is 4. The Morgan fingerprint density at radius 2 is 2.05 bits per heavy atom. The average Bonchev–Trinajstić information content (AvgIpc) is 2.70. The van der Waals surface area contributed by atoms with Crippen LogP contribution in [-0.2, 0) is 11.3 Å². The van der Waals surface area contributed by atoms with E-state index in [2.05, 4.69) is 10.6 Å². The number of carbonyl (C=O) groups excluding carboxylic acids is 1. The molecule has 2 unspecified atom stereocenters. The van der Waals surface area contributed by atoms with Crippen molar-refractivity contribution in [3.05, 3.63) is 21.9 Å². The van der Waals surface area contributed by atoms with Crippen LogP contribution in [0.4, 0.5) is 4.79 Å². The van der Waals surface area contributed by atoms with Crippen LogP contribution < -0.4 is 10.6 Å². The summed E-state index contributed by atoms with van der Waals surface area (Å²) >= 11 is 1.65. The largest absolute Gasteiger partial charge is 0.481 e. The summed E-state index contributed by atoms with van der Waals surface area (Å²) in [6.07, 6.45) is 4.31. The van der Waals surface area contributed by atoms with Crippen molar-refractivity contribution >= 4 is 23.3 Å². The summed E-state index contributed by atoms with van der Waals surface area (Å²) in [7, 11) is 0. The highest BCUT2D eigenvalue weighted by molar-refractivity contribution is 7.11. The van der Waals surface area contributed by atoms with E-state index in [4.69, 9.17) is 0 Å².